The molecule has 1 aliphatic rings. The van der Waals surface area contributed by atoms with Gasteiger partial charge in [-0.3, -0.25) is 4.99 Å². The SMILES string of the molecule is C=C1Cc2cc(C)ccc2C(C)=N1. The molecule has 0 radical (unpaired) electrons. The molecule has 0 bridgehead atoms. The Morgan fingerprint density at radius 3 is 2.85 bits per heavy atom. The largest absolute Gasteiger partial charge is 0.258 e. The number of hydrogen-bond acceptors (Lipinski definition) is 1. The molecule has 2 rings (SSSR count). The fourth-order valence-electron chi connectivity index (χ4n) is 1.78. The van der Waals surface area contributed by atoms with Gasteiger partial charge in [0, 0.05) is 17.8 Å². The molecule has 1 heterocycles. The minimum absolute atomic E-state index is 0.897. The normalized spacial score (nSPS) is 15.2. The van der Waals surface area contributed by atoms with Gasteiger partial charge in [-0.25, -0.2) is 0 Å². The lowest BCUT2D eigenvalue weighted by molar-refractivity contribution is 1.08. The maximum absolute atomic E-state index is 4.38. The van der Waals surface area contributed by atoms with Gasteiger partial charge in [-0.15, -0.1) is 0 Å². The minimum atomic E-state index is 0.897. The number of aliphatic imine (C=N–C) groups is 1. The molecule has 0 aliphatic carbocycles. The zero-order valence-electron chi connectivity index (χ0n) is 8.09. The maximum Gasteiger partial charge on any atom is 0.0451 e. The third kappa shape index (κ3) is 1.42. The van der Waals surface area contributed by atoms with Crippen molar-refractivity contribution >= 4 is 5.71 Å². The van der Waals surface area contributed by atoms with Crippen molar-refractivity contribution in [1.29, 1.82) is 0 Å². The molecule has 0 saturated carbocycles. The molecule has 0 saturated heterocycles. The van der Waals surface area contributed by atoms with Gasteiger partial charge in [-0.1, -0.05) is 30.3 Å². The Morgan fingerprint density at radius 2 is 2.08 bits per heavy atom. The summed E-state index contributed by atoms with van der Waals surface area (Å²) in [6.07, 6.45) is 0.897. The fraction of sp³-hybridized carbons (Fsp3) is 0.250. The van der Waals surface area contributed by atoms with E-state index in [9.17, 15) is 0 Å². The summed E-state index contributed by atoms with van der Waals surface area (Å²) in [5, 5.41) is 0. The Bertz CT molecular complexity index is 400. The zero-order chi connectivity index (χ0) is 9.42. The summed E-state index contributed by atoms with van der Waals surface area (Å²) in [4.78, 5) is 4.38. The van der Waals surface area contributed by atoms with Gasteiger partial charge in [-0.05, 0) is 25.0 Å². The van der Waals surface area contributed by atoms with Gasteiger partial charge in [-0.2, -0.15) is 0 Å². The van der Waals surface area contributed by atoms with Crippen LogP contribution in [0.5, 0.6) is 0 Å². The third-order valence-electron chi connectivity index (χ3n) is 2.37. The Balaban J connectivity index is 2.60. The number of hydrogen-bond donors (Lipinski definition) is 0. The summed E-state index contributed by atoms with van der Waals surface area (Å²) in [7, 11) is 0. The van der Waals surface area contributed by atoms with Crippen molar-refractivity contribution in [2.75, 3.05) is 0 Å². The average Bonchev–Trinajstić information content (AvgIpc) is 2.02. The number of aryl methyl sites for hydroxylation is 1. The van der Waals surface area contributed by atoms with Crippen molar-refractivity contribution in [2.24, 2.45) is 4.99 Å². The first-order chi connectivity index (χ1) is 6.16. The standard InChI is InChI=1S/C12H13N/c1-8-4-5-12-10(3)13-9(2)7-11(12)6-8/h4-6H,2,7H2,1,3H3. The van der Waals surface area contributed by atoms with Crippen LogP contribution in [0.4, 0.5) is 0 Å². The van der Waals surface area contributed by atoms with Crippen molar-refractivity contribution < 1.29 is 0 Å². The number of nitrogens with zero attached hydrogens (tertiary/aromatic N) is 1. The van der Waals surface area contributed by atoms with E-state index in [0.29, 0.717) is 0 Å². The first kappa shape index (κ1) is 8.24. The Kier molecular flexibility index (Phi) is 1.80. The lowest BCUT2D eigenvalue weighted by Gasteiger charge is -2.15. The molecule has 0 N–H and O–H groups in total. The Hall–Kier alpha value is -1.37. The van der Waals surface area contributed by atoms with E-state index in [1.165, 1.54) is 16.7 Å². The molecule has 1 aromatic rings. The zero-order valence-corrected chi connectivity index (χ0v) is 8.09. The summed E-state index contributed by atoms with van der Waals surface area (Å²) in [6.45, 7) is 8.06. The molecule has 0 spiro atoms. The first-order valence-electron chi connectivity index (χ1n) is 4.50. The Labute approximate surface area is 78.8 Å². The highest BCUT2D eigenvalue weighted by atomic mass is 14.8. The van der Waals surface area contributed by atoms with Crippen LogP contribution in [0.1, 0.15) is 23.6 Å². The van der Waals surface area contributed by atoms with E-state index in [4.69, 9.17) is 0 Å². The molecule has 0 aromatic heterocycles. The van der Waals surface area contributed by atoms with Crippen molar-refractivity contribution in [3.8, 4) is 0 Å². The van der Waals surface area contributed by atoms with Gasteiger partial charge in [0.25, 0.3) is 0 Å². The van der Waals surface area contributed by atoms with Crippen LogP contribution in [0, 0.1) is 6.92 Å². The summed E-state index contributed by atoms with van der Waals surface area (Å²) in [5.41, 5.74) is 6.00. The molecule has 1 aliphatic heterocycles. The molecule has 0 unspecified atom stereocenters. The number of fused-ring (bicyclic) bond motifs is 1. The van der Waals surface area contributed by atoms with Gasteiger partial charge in [0.15, 0.2) is 0 Å². The van der Waals surface area contributed by atoms with E-state index >= 15 is 0 Å². The number of rotatable bonds is 0. The molecule has 66 valence electrons. The predicted molar refractivity (Wildman–Crippen MR) is 56.2 cm³/mol. The highest BCUT2D eigenvalue weighted by Gasteiger charge is 2.11. The number of allylic oxidation sites excluding steroid dienone is 1. The first-order valence-corrected chi connectivity index (χ1v) is 4.50. The van der Waals surface area contributed by atoms with E-state index in [-0.39, 0.29) is 0 Å². The quantitative estimate of drug-likeness (QED) is 0.569. The molecular formula is C12H13N. The van der Waals surface area contributed by atoms with Gasteiger partial charge < -0.3 is 0 Å². The lowest BCUT2D eigenvalue weighted by atomic mass is 9.95. The van der Waals surface area contributed by atoms with Crippen LogP contribution < -0.4 is 0 Å². The second-order valence-corrected chi connectivity index (χ2v) is 3.60. The average molecular weight is 171 g/mol. The minimum Gasteiger partial charge on any atom is -0.258 e. The third-order valence-corrected chi connectivity index (χ3v) is 2.37. The van der Waals surface area contributed by atoms with Crippen LogP contribution in [0.15, 0.2) is 35.5 Å². The van der Waals surface area contributed by atoms with E-state index in [1.54, 1.807) is 0 Å². The van der Waals surface area contributed by atoms with Crippen molar-refractivity contribution in [2.45, 2.75) is 20.3 Å². The van der Waals surface area contributed by atoms with E-state index < -0.39 is 0 Å². The van der Waals surface area contributed by atoms with Crippen LogP contribution in [-0.4, -0.2) is 5.71 Å². The maximum atomic E-state index is 4.38. The molecule has 1 nitrogen and oxygen atoms in total. The van der Waals surface area contributed by atoms with Crippen LogP contribution in [-0.2, 0) is 6.42 Å². The molecule has 1 aromatic carbocycles. The molecular weight excluding hydrogens is 158 g/mol. The summed E-state index contributed by atoms with van der Waals surface area (Å²) in [6, 6.07) is 6.50. The van der Waals surface area contributed by atoms with Crippen molar-refractivity contribution in [1.82, 2.24) is 0 Å². The van der Waals surface area contributed by atoms with Crippen LogP contribution in [0.25, 0.3) is 0 Å². The van der Waals surface area contributed by atoms with Gasteiger partial charge >= 0.3 is 0 Å². The smallest absolute Gasteiger partial charge is 0.0451 e. The molecule has 0 fully saturated rings. The van der Waals surface area contributed by atoms with Crippen LogP contribution in [0.3, 0.4) is 0 Å². The highest BCUT2D eigenvalue weighted by molar-refractivity contribution is 6.01. The van der Waals surface area contributed by atoms with Gasteiger partial charge in [0.1, 0.15) is 0 Å². The highest BCUT2D eigenvalue weighted by Crippen LogP contribution is 2.21. The summed E-state index contributed by atoms with van der Waals surface area (Å²) in [5.74, 6) is 0. The van der Waals surface area contributed by atoms with E-state index in [0.717, 1.165) is 17.8 Å². The van der Waals surface area contributed by atoms with E-state index in [2.05, 4.69) is 36.7 Å². The van der Waals surface area contributed by atoms with Crippen molar-refractivity contribution in [3.63, 3.8) is 0 Å². The van der Waals surface area contributed by atoms with Crippen LogP contribution >= 0.6 is 0 Å². The fourth-order valence-corrected chi connectivity index (χ4v) is 1.78. The molecule has 1 heteroatoms. The van der Waals surface area contributed by atoms with E-state index in [1.807, 2.05) is 6.92 Å². The second-order valence-electron chi connectivity index (χ2n) is 3.60. The number of benzene rings is 1. The summed E-state index contributed by atoms with van der Waals surface area (Å²) < 4.78 is 0. The summed E-state index contributed by atoms with van der Waals surface area (Å²) >= 11 is 0. The Morgan fingerprint density at radius 1 is 1.31 bits per heavy atom. The molecule has 13 heavy (non-hydrogen) atoms. The van der Waals surface area contributed by atoms with Gasteiger partial charge in [0.2, 0.25) is 0 Å². The topological polar surface area (TPSA) is 12.4 Å². The predicted octanol–water partition coefficient (Wildman–Crippen LogP) is 2.87. The monoisotopic (exact) mass is 171 g/mol. The lowest BCUT2D eigenvalue weighted by Crippen LogP contribution is -2.08. The van der Waals surface area contributed by atoms with Gasteiger partial charge in [0.05, 0.1) is 0 Å². The van der Waals surface area contributed by atoms with Crippen LogP contribution in [0.2, 0.25) is 0 Å². The molecule has 0 atom stereocenters. The second kappa shape index (κ2) is 2.84. The van der Waals surface area contributed by atoms with Crippen molar-refractivity contribution in [3.05, 3.63) is 47.2 Å². The molecule has 0 amide bonds.